The maximum atomic E-state index is 14.4. The Morgan fingerprint density at radius 1 is 0.972 bits per heavy atom. The molecule has 1 spiro atoms. The Morgan fingerprint density at radius 2 is 1.61 bits per heavy atom. The molecule has 7 nitrogen and oxygen atoms in total. The van der Waals surface area contributed by atoms with Crippen LogP contribution < -0.4 is 4.90 Å². The second kappa shape index (κ2) is 8.64. The van der Waals surface area contributed by atoms with E-state index in [0.29, 0.717) is 16.8 Å². The molecule has 184 valence electrons. The summed E-state index contributed by atoms with van der Waals surface area (Å²) >= 11 is 0. The lowest BCUT2D eigenvalue weighted by molar-refractivity contribution is -0.138. The Balaban J connectivity index is 1.87. The maximum Gasteiger partial charge on any atom is 0.336 e. The van der Waals surface area contributed by atoms with Gasteiger partial charge in [0, 0.05) is 24.7 Å². The third-order valence-corrected chi connectivity index (χ3v) is 8.61. The quantitative estimate of drug-likeness (QED) is 0.488. The van der Waals surface area contributed by atoms with Gasteiger partial charge in [-0.2, -0.15) is 0 Å². The van der Waals surface area contributed by atoms with Crippen LogP contribution in [0.25, 0.3) is 5.70 Å². The van der Waals surface area contributed by atoms with Crippen molar-refractivity contribution in [2.24, 2.45) is 0 Å². The molecule has 0 aliphatic carbocycles. The normalized spacial score (nSPS) is 19.2. The number of likely N-dealkylation sites (N-methyl/N-ethyl adjacent to an activating group) is 1. The molecule has 8 heteroatoms. The number of hydrogen-bond acceptors (Lipinski definition) is 5. The summed E-state index contributed by atoms with van der Waals surface area (Å²) in [5.74, 6) is -1.07. The van der Waals surface area contributed by atoms with Gasteiger partial charge in [-0.25, -0.2) is 17.5 Å². The van der Waals surface area contributed by atoms with Gasteiger partial charge in [0.1, 0.15) is 0 Å². The highest BCUT2D eigenvalue weighted by Crippen LogP contribution is 2.57. The first kappa shape index (κ1) is 23.8. The molecule has 0 radical (unpaired) electrons. The summed E-state index contributed by atoms with van der Waals surface area (Å²) in [6.45, 7) is 3.68. The van der Waals surface area contributed by atoms with E-state index in [-0.39, 0.29) is 29.2 Å². The monoisotopic (exact) mass is 502 g/mol. The van der Waals surface area contributed by atoms with Gasteiger partial charge in [0.25, 0.3) is 15.9 Å². The molecule has 2 heterocycles. The van der Waals surface area contributed by atoms with Gasteiger partial charge in [0.2, 0.25) is 0 Å². The molecule has 0 saturated carbocycles. The second-order valence-corrected chi connectivity index (χ2v) is 10.7. The number of esters is 1. The minimum absolute atomic E-state index is 0.0332. The molecule has 2 aliphatic rings. The van der Waals surface area contributed by atoms with E-state index in [1.807, 2.05) is 6.92 Å². The molecule has 5 rings (SSSR count). The molecule has 2 aliphatic heterocycles. The summed E-state index contributed by atoms with van der Waals surface area (Å²) in [7, 11) is -2.68. The van der Waals surface area contributed by atoms with Gasteiger partial charge in [0.15, 0.2) is 5.54 Å². The molecule has 0 fully saturated rings. The first-order valence-corrected chi connectivity index (χ1v) is 13.1. The number of amides is 1. The van der Waals surface area contributed by atoms with E-state index in [1.54, 1.807) is 80.7 Å². The van der Waals surface area contributed by atoms with Crippen LogP contribution in [0.4, 0.5) is 5.69 Å². The molecule has 1 amide bonds. The van der Waals surface area contributed by atoms with Gasteiger partial charge < -0.3 is 9.64 Å². The summed E-state index contributed by atoms with van der Waals surface area (Å²) in [4.78, 5) is 28.9. The Morgan fingerprint density at radius 3 is 2.28 bits per heavy atom. The maximum absolute atomic E-state index is 14.4. The number of rotatable bonds is 5. The Bertz CT molecular complexity index is 1500. The zero-order valence-corrected chi connectivity index (χ0v) is 21.1. The summed E-state index contributed by atoms with van der Waals surface area (Å²) in [5, 5.41) is 0. The number of para-hydroxylation sites is 1. The summed E-state index contributed by atoms with van der Waals surface area (Å²) in [6.07, 6.45) is -0.138. The fourth-order valence-corrected chi connectivity index (χ4v) is 6.92. The van der Waals surface area contributed by atoms with Crippen LogP contribution in [0.3, 0.4) is 0 Å². The number of carbonyl (C=O) groups excluding carboxylic acids is 2. The number of carbonyl (C=O) groups is 2. The third-order valence-electron chi connectivity index (χ3n) is 6.77. The molecule has 3 aromatic rings. The molecular formula is C28H26N2O5S. The third kappa shape index (κ3) is 3.36. The first-order chi connectivity index (χ1) is 17.2. The molecule has 3 aromatic carbocycles. The van der Waals surface area contributed by atoms with Gasteiger partial charge in [0.05, 0.1) is 22.8 Å². The number of anilines is 1. The number of hydrogen-bond donors (Lipinski definition) is 0. The van der Waals surface area contributed by atoms with E-state index in [0.717, 1.165) is 9.87 Å². The van der Waals surface area contributed by atoms with Crippen LogP contribution >= 0.6 is 0 Å². The topological polar surface area (TPSA) is 84.0 Å². The second-order valence-electron chi connectivity index (χ2n) is 8.91. The van der Waals surface area contributed by atoms with Crippen molar-refractivity contribution in [3.05, 3.63) is 101 Å². The number of sulfonamides is 1. The van der Waals surface area contributed by atoms with Crippen molar-refractivity contribution in [1.82, 2.24) is 4.31 Å². The van der Waals surface area contributed by atoms with E-state index in [4.69, 9.17) is 4.74 Å². The molecule has 0 unspecified atom stereocenters. The van der Waals surface area contributed by atoms with Crippen molar-refractivity contribution in [3.8, 4) is 0 Å². The van der Waals surface area contributed by atoms with Gasteiger partial charge >= 0.3 is 5.97 Å². The highest BCUT2D eigenvalue weighted by atomic mass is 32.2. The van der Waals surface area contributed by atoms with Gasteiger partial charge in [-0.3, -0.25) is 4.79 Å². The molecular weight excluding hydrogens is 476 g/mol. The van der Waals surface area contributed by atoms with E-state index in [9.17, 15) is 18.0 Å². The minimum Gasteiger partial charge on any atom is -0.463 e. The molecule has 0 bridgehead atoms. The van der Waals surface area contributed by atoms with Crippen LogP contribution in [0.5, 0.6) is 0 Å². The zero-order chi connectivity index (χ0) is 25.7. The molecule has 36 heavy (non-hydrogen) atoms. The van der Waals surface area contributed by atoms with Crippen molar-refractivity contribution >= 4 is 33.3 Å². The highest BCUT2D eigenvalue weighted by Gasteiger charge is 2.63. The molecule has 0 aromatic heterocycles. The molecule has 1 atom stereocenters. The van der Waals surface area contributed by atoms with Crippen LogP contribution in [0.15, 0.2) is 89.3 Å². The van der Waals surface area contributed by atoms with Crippen molar-refractivity contribution in [3.63, 3.8) is 0 Å². The summed E-state index contributed by atoms with van der Waals surface area (Å²) in [6, 6.07) is 22.4. The highest BCUT2D eigenvalue weighted by molar-refractivity contribution is 7.89. The van der Waals surface area contributed by atoms with Gasteiger partial charge in [-0.1, -0.05) is 66.2 Å². The number of ether oxygens (including phenoxy) is 1. The van der Waals surface area contributed by atoms with Crippen LogP contribution in [0, 0.1) is 6.92 Å². The lowest BCUT2D eigenvalue weighted by atomic mass is 9.87. The van der Waals surface area contributed by atoms with Gasteiger partial charge in [-0.15, -0.1) is 0 Å². The predicted octanol–water partition coefficient (Wildman–Crippen LogP) is 4.24. The molecule has 0 saturated heterocycles. The Kier molecular flexibility index (Phi) is 5.71. The Labute approximate surface area is 210 Å². The SMILES string of the molecule is CCOC(=O)C1=C(c2ccccc2)N(S(=O)(=O)c2ccc(C)cc2)[C@]2(C1)C(=O)N(C)c1ccccc12. The Hall–Kier alpha value is -3.91. The van der Waals surface area contributed by atoms with Crippen LogP contribution in [0.2, 0.25) is 0 Å². The van der Waals surface area contributed by atoms with Crippen LogP contribution in [0.1, 0.15) is 30.0 Å². The van der Waals surface area contributed by atoms with Crippen LogP contribution in [-0.4, -0.2) is 38.3 Å². The van der Waals surface area contributed by atoms with Crippen molar-refractivity contribution in [2.75, 3.05) is 18.6 Å². The van der Waals surface area contributed by atoms with Crippen molar-refractivity contribution in [1.29, 1.82) is 0 Å². The van der Waals surface area contributed by atoms with Crippen LogP contribution in [-0.2, 0) is 29.9 Å². The number of fused-ring (bicyclic) bond motifs is 2. The summed E-state index contributed by atoms with van der Waals surface area (Å²) < 4.78 is 35.4. The largest absolute Gasteiger partial charge is 0.463 e. The first-order valence-electron chi connectivity index (χ1n) is 11.7. The lowest BCUT2D eigenvalue weighted by Gasteiger charge is -2.36. The lowest BCUT2D eigenvalue weighted by Crippen LogP contribution is -2.51. The average molecular weight is 503 g/mol. The van der Waals surface area contributed by atoms with Crippen molar-refractivity contribution in [2.45, 2.75) is 30.7 Å². The zero-order valence-electron chi connectivity index (χ0n) is 20.3. The van der Waals surface area contributed by atoms with E-state index in [2.05, 4.69) is 0 Å². The number of nitrogens with zero attached hydrogens (tertiary/aromatic N) is 2. The van der Waals surface area contributed by atoms with Crippen molar-refractivity contribution < 1.29 is 22.7 Å². The fourth-order valence-electron chi connectivity index (χ4n) is 5.13. The molecule has 0 N–H and O–H groups in total. The number of benzene rings is 3. The van der Waals surface area contributed by atoms with E-state index in [1.165, 1.54) is 17.0 Å². The predicted molar refractivity (Wildman–Crippen MR) is 136 cm³/mol. The standard InChI is InChI=1S/C28H26N2O5S/c1-4-35-26(31)22-18-28(23-12-8-9-13-24(23)29(3)27(28)32)30(25(22)20-10-6-5-7-11-20)36(33,34)21-16-14-19(2)15-17-21/h5-17H,4,18H2,1-3H3/t28-/m0/s1. The fraction of sp³-hybridized carbons (Fsp3) is 0.214. The smallest absolute Gasteiger partial charge is 0.336 e. The van der Waals surface area contributed by atoms with E-state index >= 15 is 0 Å². The van der Waals surface area contributed by atoms with E-state index < -0.39 is 27.4 Å². The van der Waals surface area contributed by atoms with Gasteiger partial charge in [-0.05, 0) is 37.6 Å². The summed E-state index contributed by atoms with van der Waals surface area (Å²) in [5.41, 5.74) is 1.18. The number of aryl methyl sites for hydroxylation is 1. The average Bonchev–Trinajstić information content (AvgIpc) is 3.36. The minimum atomic E-state index is -4.30.